The molecule has 0 radical (unpaired) electrons. The second-order valence-corrected chi connectivity index (χ2v) is 3.77. The van der Waals surface area contributed by atoms with Crippen molar-refractivity contribution in [2.24, 2.45) is 0 Å². The van der Waals surface area contributed by atoms with Crippen LogP contribution < -0.4 is 0 Å². The van der Waals surface area contributed by atoms with Crippen LogP contribution in [-0.4, -0.2) is 13.9 Å². The molecule has 2 nitrogen and oxygen atoms in total. The van der Waals surface area contributed by atoms with Crippen molar-refractivity contribution >= 4 is 15.9 Å². The van der Waals surface area contributed by atoms with E-state index in [0.29, 0.717) is 6.79 Å². The minimum atomic E-state index is 0.314. The van der Waals surface area contributed by atoms with Crippen LogP contribution in [0.2, 0.25) is 0 Å². The number of hydrogen-bond donors (Lipinski definition) is 0. The molecule has 0 spiro atoms. The van der Waals surface area contributed by atoms with Crippen molar-refractivity contribution in [3.05, 3.63) is 21.9 Å². The maximum atomic E-state index is 5.35. The average molecular weight is 233 g/mol. The first kappa shape index (κ1) is 9.81. The Hall–Kier alpha value is -0.280. The summed E-state index contributed by atoms with van der Waals surface area (Å²) >= 11 is 3.47. The lowest BCUT2D eigenvalue weighted by molar-refractivity contribution is 0.00912. The molecule has 0 saturated heterocycles. The molecule has 3 heteroatoms. The normalized spacial score (nSPS) is 17.8. The molecule has 12 heavy (non-hydrogen) atoms. The number of methoxy groups -OCH3 is 1. The summed E-state index contributed by atoms with van der Waals surface area (Å²) in [6, 6.07) is 0. The quantitative estimate of drug-likeness (QED) is 0.697. The van der Waals surface area contributed by atoms with E-state index in [1.165, 1.54) is 5.57 Å². The first-order chi connectivity index (χ1) is 5.74. The van der Waals surface area contributed by atoms with Gasteiger partial charge in [-0.2, -0.15) is 0 Å². The molecule has 0 bridgehead atoms. The highest BCUT2D eigenvalue weighted by atomic mass is 79.9. The first-order valence-corrected chi connectivity index (χ1v) is 4.71. The molecule has 0 atom stereocenters. The molecule has 0 aromatic rings. The molecular weight excluding hydrogens is 220 g/mol. The highest BCUT2D eigenvalue weighted by Crippen LogP contribution is 2.28. The van der Waals surface area contributed by atoms with E-state index < -0.39 is 0 Å². The summed E-state index contributed by atoms with van der Waals surface area (Å²) in [6.45, 7) is 2.42. The molecule has 1 rings (SSSR count). The zero-order valence-corrected chi connectivity index (χ0v) is 8.98. The first-order valence-electron chi connectivity index (χ1n) is 3.91. The lowest BCUT2D eigenvalue weighted by Crippen LogP contribution is -2.00. The van der Waals surface area contributed by atoms with Crippen molar-refractivity contribution in [2.45, 2.75) is 19.8 Å². The predicted molar refractivity (Wildman–Crippen MR) is 51.9 cm³/mol. The topological polar surface area (TPSA) is 18.5 Å². The van der Waals surface area contributed by atoms with Crippen LogP contribution in [0, 0.1) is 0 Å². The second-order valence-electron chi connectivity index (χ2n) is 2.81. The van der Waals surface area contributed by atoms with Gasteiger partial charge in [0.1, 0.15) is 5.76 Å². The van der Waals surface area contributed by atoms with E-state index in [2.05, 4.69) is 22.9 Å². The van der Waals surface area contributed by atoms with Gasteiger partial charge in [0.25, 0.3) is 0 Å². The Balaban J connectivity index is 2.59. The Labute approximate surface area is 81.4 Å². The summed E-state index contributed by atoms with van der Waals surface area (Å²) in [5.74, 6) is 0.903. The van der Waals surface area contributed by atoms with E-state index in [1.807, 2.05) is 6.08 Å². The predicted octanol–water partition coefficient (Wildman–Crippen LogP) is 2.95. The van der Waals surface area contributed by atoms with Crippen LogP contribution in [0.15, 0.2) is 21.9 Å². The van der Waals surface area contributed by atoms with Crippen molar-refractivity contribution in [2.75, 3.05) is 13.9 Å². The van der Waals surface area contributed by atoms with Gasteiger partial charge in [-0.25, -0.2) is 0 Å². The molecule has 1 aliphatic rings. The van der Waals surface area contributed by atoms with Gasteiger partial charge in [-0.1, -0.05) is 21.5 Å². The standard InChI is InChI=1S/C9H13BrO2/c1-7-3-4-8(10)9(5-7)12-6-11-2/h5H,3-4,6H2,1-2H3. The fourth-order valence-electron chi connectivity index (χ4n) is 1.05. The minimum absolute atomic E-state index is 0.314. The molecule has 0 amide bonds. The third-order valence-corrected chi connectivity index (χ3v) is 2.50. The molecule has 0 fully saturated rings. The zero-order valence-electron chi connectivity index (χ0n) is 7.39. The van der Waals surface area contributed by atoms with Crippen LogP contribution in [0.4, 0.5) is 0 Å². The SMILES string of the molecule is COCOC1=C(Br)CCC(C)=C1. The molecule has 0 N–H and O–H groups in total. The monoisotopic (exact) mass is 232 g/mol. The highest BCUT2D eigenvalue weighted by Gasteiger charge is 2.09. The smallest absolute Gasteiger partial charge is 0.188 e. The van der Waals surface area contributed by atoms with Crippen molar-refractivity contribution in [1.82, 2.24) is 0 Å². The van der Waals surface area contributed by atoms with Gasteiger partial charge >= 0.3 is 0 Å². The maximum Gasteiger partial charge on any atom is 0.188 e. The fraction of sp³-hybridized carbons (Fsp3) is 0.556. The lowest BCUT2D eigenvalue weighted by Gasteiger charge is -2.14. The van der Waals surface area contributed by atoms with Crippen LogP contribution in [0.1, 0.15) is 19.8 Å². The Morgan fingerprint density at radius 2 is 2.25 bits per heavy atom. The molecule has 0 aliphatic heterocycles. The number of ether oxygens (including phenoxy) is 2. The third-order valence-electron chi connectivity index (χ3n) is 1.72. The van der Waals surface area contributed by atoms with Gasteiger partial charge in [0.05, 0.1) is 0 Å². The van der Waals surface area contributed by atoms with E-state index in [4.69, 9.17) is 9.47 Å². The summed E-state index contributed by atoms with van der Waals surface area (Å²) in [6.07, 6.45) is 4.19. The number of rotatable bonds is 3. The number of hydrogen-bond acceptors (Lipinski definition) is 2. The van der Waals surface area contributed by atoms with E-state index in [-0.39, 0.29) is 0 Å². The molecule has 0 aromatic carbocycles. The third kappa shape index (κ3) is 2.64. The van der Waals surface area contributed by atoms with Crippen molar-refractivity contribution < 1.29 is 9.47 Å². The van der Waals surface area contributed by atoms with Crippen LogP contribution in [0.25, 0.3) is 0 Å². The molecule has 0 aromatic heterocycles. The molecule has 0 heterocycles. The largest absolute Gasteiger partial charge is 0.467 e. The summed E-state index contributed by atoms with van der Waals surface area (Å²) < 4.78 is 11.3. The molecule has 0 saturated carbocycles. The van der Waals surface area contributed by atoms with Crippen molar-refractivity contribution in [1.29, 1.82) is 0 Å². The molecule has 0 unspecified atom stereocenters. The van der Waals surface area contributed by atoms with E-state index in [0.717, 1.165) is 23.1 Å². The number of halogens is 1. The summed E-state index contributed by atoms with van der Waals surface area (Å²) in [5, 5.41) is 0. The highest BCUT2D eigenvalue weighted by molar-refractivity contribution is 9.11. The van der Waals surface area contributed by atoms with Crippen molar-refractivity contribution in [3.8, 4) is 0 Å². The fourth-order valence-corrected chi connectivity index (χ4v) is 1.47. The van der Waals surface area contributed by atoms with Crippen LogP contribution in [0.5, 0.6) is 0 Å². The zero-order chi connectivity index (χ0) is 8.97. The Morgan fingerprint density at radius 3 is 2.92 bits per heavy atom. The summed E-state index contributed by atoms with van der Waals surface area (Å²) in [4.78, 5) is 0. The second kappa shape index (κ2) is 4.67. The Kier molecular flexibility index (Phi) is 3.82. The van der Waals surface area contributed by atoms with E-state index in [1.54, 1.807) is 7.11 Å². The summed E-state index contributed by atoms with van der Waals surface area (Å²) in [5.41, 5.74) is 1.35. The van der Waals surface area contributed by atoms with Gasteiger partial charge in [0.2, 0.25) is 0 Å². The average Bonchev–Trinajstić information content (AvgIpc) is 2.07. The minimum Gasteiger partial charge on any atom is -0.467 e. The van der Waals surface area contributed by atoms with Gasteiger partial charge < -0.3 is 9.47 Å². The van der Waals surface area contributed by atoms with Gasteiger partial charge in [-0.15, -0.1) is 0 Å². The summed E-state index contributed by atoms with van der Waals surface area (Å²) in [7, 11) is 1.62. The molecular formula is C9H13BrO2. The molecule has 1 aliphatic carbocycles. The van der Waals surface area contributed by atoms with Gasteiger partial charge in [0.15, 0.2) is 6.79 Å². The van der Waals surface area contributed by atoms with Crippen LogP contribution >= 0.6 is 15.9 Å². The van der Waals surface area contributed by atoms with Crippen LogP contribution in [0.3, 0.4) is 0 Å². The van der Waals surface area contributed by atoms with Gasteiger partial charge in [-0.3, -0.25) is 0 Å². The van der Waals surface area contributed by atoms with E-state index >= 15 is 0 Å². The van der Waals surface area contributed by atoms with Gasteiger partial charge in [-0.05, 0) is 25.8 Å². The van der Waals surface area contributed by atoms with Crippen LogP contribution in [-0.2, 0) is 9.47 Å². The lowest BCUT2D eigenvalue weighted by atomic mass is 10.1. The molecule has 68 valence electrons. The number of allylic oxidation sites excluding steroid dienone is 3. The van der Waals surface area contributed by atoms with Gasteiger partial charge in [0, 0.05) is 11.6 Å². The Bertz CT molecular complexity index is 219. The Morgan fingerprint density at radius 1 is 1.50 bits per heavy atom. The maximum absolute atomic E-state index is 5.35. The van der Waals surface area contributed by atoms with Crippen molar-refractivity contribution in [3.63, 3.8) is 0 Å². The van der Waals surface area contributed by atoms with E-state index in [9.17, 15) is 0 Å².